The van der Waals surface area contributed by atoms with Crippen LogP contribution in [0.15, 0.2) is 36.4 Å². The van der Waals surface area contributed by atoms with Gasteiger partial charge in [0.1, 0.15) is 11.6 Å². The van der Waals surface area contributed by atoms with Crippen LogP contribution in [-0.2, 0) is 7.05 Å². The Kier molecular flexibility index (Phi) is 2.61. The minimum Gasteiger partial charge on any atom is -0.506 e. The van der Waals surface area contributed by atoms with Crippen molar-refractivity contribution in [2.75, 3.05) is 5.73 Å². The van der Waals surface area contributed by atoms with Gasteiger partial charge in [-0.05, 0) is 30.3 Å². The second-order valence-electron chi connectivity index (χ2n) is 4.38. The lowest BCUT2D eigenvalue weighted by atomic mass is 10.2. The van der Waals surface area contributed by atoms with Gasteiger partial charge in [-0.25, -0.2) is 4.98 Å². The molecule has 0 saturated heterocycles. The molecule has 0 fully saturated rings. The zero-order valence-electron chi connectivity index (χ0n) is 10.3. The molecule has 3 aromatic rings. The highest BCUT2D eigenvalue weighted by atomic mass is 35.5. The Morgan fingerprint density at radius 1 is 1.26 bits per heavy atom. The van der Waals surface area contributed by atoms with Gasteiger partial charge < -0.3 is 15.4 Å². The molecular weight excluding hydrogens is 262 g/mol. The molecule has 0 unspecified atom stereocenters. The maximum atomic E-state index is 9.47. The Morgan fingerprint density at radius 3 is 2.74 bits per heavy atom. The van der Waals surface area contributed by atoms with E-state index in [4.69, 9.17) is 17.3 Å². The number of hydrogen-bond acceptors (Lipinski definition) is 3. The quantitative estimate of drug-likeness (QED) is 0.529. The zero-order chi connectivity index (χ0) is 13.6. The first-order valence-electron chi connectivity index (χ1n) is 5.77. The summed E-state index contributed by atoms with van der Waals surface area (Å²) in [6.45, 7) is 0. The van der Waals surface area contributed by atoms with Gasteiger partial charge in [-0.15, -0.1) is 0 Å². The van der Waals surface area contributed by atoms with Crippen molar-refractivity contribution in [1.29, 1.82) is 0 Å². The molecule has 19 heavy (non-hydrogen) atoms. The normalized spacial score (nSPS) is 11.1. The van der Waals surface area contributed by atoms with Gasteiger partial charge in [-0.3, -0.25) is 0 Å². The van der Waals surface area contributed by atoms with Gasteiger partial charge in [0, 0.05) is 12.6 Å². The maximum absolute atomic E-state index is 9.47. The third-order valence-electron chi connectivity index (χ3n) is 3.13. The van der Waals surface area contributed by atoms with E-state index in [1.165, 1.54) is 0 Å². The Labute approximate surface area is 115 Å². The van der Waals surface area contributed by atoms with Gasteiger partial charge in [0.25, 0.3) is 0 Å². The van der Waals surface area contributed by atoms with Crippen molar-refractivity contribution in [1.82, 2.24) is 9.55 Å². The summed E-state index contributed by atoms with van der Waals surface area (Å²) in [5.41, 5.74) is 8.60. The SMILES string of the molecule is Cn1c(-c2ccc(O)c(N)c2)nc2cccc(Cl)c21. The highest BCUT2D eigenvalue weighted by molar-refractivity contribution is 6.35. The van der Waals surface area contributed by atoms with Crippen LogP contribution in [0.2, 0.25) is 5.02 Å². The predicted octanol–water partition coefficient (Wildman–Crippen LogP) is 3.18. The van der Waals surface area contributed by atoms with Crippen molar-refractivity contribution >= 4 is 28.3 Å². The lowest BCUT2D eigenvalue weighted by Gasteiger charge is -2.05. The lowest BCUT2D eigenvalue weighted by Crippen LogP contribution is -1.94. The zero-order valence-corrected chi connectivity index (χ0v) is 11.0. The van der Waals surface area contributed by atoms with Crippen LogP contribution in [0.25, 0.3) is 22.4 Å². The second kappa shape index (κ2) is 4.17. The van der Waals surface area contributed by atoms with E-state index in [0.717, 1.165) is 22.4 Å². The fourth-order valence-electron chi connectivity index (χ4n) is 2.17. The highest BCUT2D eigenvalue weighted by Gasteiger charge is 2.12. The third kappa shape index (κ3) is 1.81. The summed E-state index contributed by atoms with van der Waals surface area (Å²) in [7, 11) is 1.90. The number of anilines is 1. The summed E-state index contributed by atoms with van der Waals surface area (Å²) in [6.07, 6.45) is 0. The number of phenolic OH excluding ortho intramolecular Hbond substituents is 1. The number of para-hydroxylation sites is 1. The van der Waals surface area contributed by atoms with Crippen molar-refractivity contribution in [3.8, 4) is 17.1 Å². The molecule has 0 bridgehead atoms. The number of aromatic nitrogens is 2. The number of imidazole rings is 1. The third-order valence-corrected chi connectivity index (χ3v) is 3.44. The van der Waals surface area contributed by atoms with Gasteiger partial charge in [0.2, 0.25) is 0 Å². The molecule has 0 radical (unpaired) electrons. The van der Waals surface area contributed by atoms with Crippen LogP contribution in [0.4, 0.5) is 5.69 Å². The fourth-order valence-corrected chi connectivity index (χ4v) is 2.47. The number of aryl methyl sites for hydroxylation is 1. The van der Waals surface area contributed by atoms with Gasteiger partial charge in [-0.1, -0.05) is 17.7 Å². The summed E-state index contributed by atoms with van der Waals surface area (Å²) < 4.78 is 1.92. The number of hydrogen-bond donors (Lipinski definition) is 2. The number of fused-ring (bicyclic) bond motifs is 1. The minimum absolute atomic E-state index is 0.0700. The second-order valence-corrected chi connectivity index (χ2v) is 4.78. The minimum atomic E-state index is 0.0700. The van der Waals surface area contributed by atoms with E-state index in [-0.39, 0.29) is 5.75 Å². The maximum Gasteiger partial charge on any atom is 0.140 e. The smallest absolute Gasteiger partial charge is 0.140 e. The number of nitrogen functional groups attached to an aromatic ring is 1. The van der Waals surface area contributed by atoms with Crippen molar-refractivity contribution in [2.45, 2.75) is 0 Å². The summed E-state index contributed by atoms with van der Waals surface area (Å²) in [6, 6.07) is 10.7. The molecule has 3 rings (SSSR count). The molecule has 4 nitrogen and oxygen atoms in total. The Hall–Kier alpha value is -2.20. The van der Waals surface area contributed by atoms with Gasteiger partial charge in [-0.2, -0.15) is 0 Å². The van der Waals surface area contributed by atoms with E-state index in [1.54, 1.807) is 18.2 Å². The van der Waals surface area contributed by atoms with Crippen LogP contribution < -0.4 is 5.73 Å². The average molecular weight is 274 g/mol. The number of benzene rings is 2. The number of nitrogens with zero attached hydrogens (tertiary/aromatic N) is 2. The van der Waals surface area contributed by atoms with Crippen LogP contribution in [0, 0.1) is 0 Å². The molecule has 1 aromatic heterocycles. The largest absolute Gasteiger partial charge is 0.506 e. The monoisotopic (exact) mass is 273 g/mol. The first kappa shape index (κ1) is 11.9. The van der Waals surface area contributed by atoms with E-state index < -0.39 is 0 Å². The van der Waals surface area contributed by atoms with Crippen molar-refractivity contribution in [3.05, 3.63) is 41.4 Å². The number of halogens is 1. The van der Waals surface area contributed by atoms with Gasteiger partial charge in [0.05, 0.1) is 21.7 Å². The number of nitrogens with two attached hydrogens (primary N) is 1. The van der Waals surface area contributed by atoms with E-state index in [1.807, 2.05) is 29.8 Å². The van der Waals surface area contributed by atoms with Gasteiger partial charge >= 0.3 is 0 Å². The molecule has 0 aliphatic rings. The molecule has 0 spiro atoms. The number of phenols is 1. The molecule has 96 valence electrons. The molecule has 1 heterocycles. The van der Waals surface area contributed by atoms with Crippen LogP contribution in [0.3, 0.4) is 0 Å². The van der Waals surface area contributed by atoms with E-state index >= 15 is 0 Å². The van der Waals surface area contributed by atoms with Gasteiger partial charge in [0.15, 0.2) is 0 Å². The molecular formula is C14H12ClN3O. The summed E-state index contributed by atoms with van der Waals surface area (Å²) in [5.74, 6) is 0.829. The molecule has 0 atom stereocenters. The van der Waals surface area contributed by atoms with Crippen LogP contribution in [0.5, 0.6) is 5.75 Å². The predicted molar refractivity (Wildman–Crippen MR) is 77.2 cm³/mol. The molecule has 2 aromatic carbocycles. The van der Waals surface area contributed by atoms with Crippen LogP contribution in [0.1, 0.15) is 0 Å². The molecule has 0 aliphatic heterocycles. The lowest BCUT2D eigenvalue weighted by molar-refractivity contribution is 0.478. The summed E-state index contributed by atoms with van der Waals surface area (Å²) >= 11 is 6.19. The first-order valence-corrected chi connectivity index (χ1v) is 6.15. The topological polar surface area (TPSA) is 64.1 Å². The number of rotatable bonds is 1. The summed E-state index contributed by atoms with van der Waals surface area (Å²) in [5, 5.41) is 10.1. The Morgan fingerprint density at radius 2 is 2.05 bits per heavy atom. The van der Waals surface area contributed by atoms with E-state index in [9.17, 15) is 5.11 Å². The molecule has 0 aliphatic carbocycles. The fraction of sp³-hybridized carbons (Fsp3) is 0.0714. The van der Waals surface area contributed by atoms with Crippen molar-refractivity contribution < 1.29 is 5.11 Å². The van der Waals surface area contributed by atoms with Crippen molar-refractivity contribution in [3.63, 3.8) is 0 Å². The van der Waals surface area contributed by atoms with E-state index in [0.29, 0.717) is 10.7 Å². The standard InChI is InChI=1S/C14H12ClN3O/c1-18-13-9(15)3-2-4-11(13)17-14(18)8-5-6-12(19)10(16)7-8/h2-7,19H,16H2,1H3. The Bertz CT molecular complexity index is 780. The molecule has 0 amide bonds. The van der Waals surface area contributed by atoms with Crippen molar-refractivity contribution in [2.24, 2.45) is 7.05 Å². The summed E-state index contributed by atoms with van der Waals surface area (Å²) in [4.78, 5) is 4.56. The molecule has 3 N–H and O–H groups in total. The molecule has 0 saturated carbocycles. The average Bonchev–Trinajstić information content (AvgIpc) is 2.72. The van der Waals surface area contributed by atoms with Crippen LogP contribution >= 0.6 is 11.6 Å². The molecule has 5 heteroatoms. The highest BCUT2D eigenvalue weighted by Crippen LogP contribution is 2.31. The first-order chi connectivity index (χ1) is 9.08. The Balaban J connectivity index is 2.28. The van der Waals surface area contributed by atoms with E-state index in [2.05, 4.69) is 4.98 Å². The number of aromatic hydroxyl groups is 1. The van der Waals surface area contributed by atoms with Crippen LogP contribution in [-0.4, -0.2) is 14.7 Å².